The van der Waals surface area contributed by atoms with Gasteiger partial charge in [-0.2, -0.15) is 0 Å². The molecule has 0 bridgehead atoms. The maximum atomic E-state index is 12.7. The number of hydrogen-bond donors (Lipinski definition) is 3. The second-order valence-corrected chi connectivity index (χ2v) is 6.49. The highest BCUT2D eigenvalue weighted by Gasteiger charge is 2.25. The summed E-state index contributed by atoms with van der Waals surface area (Å²) in [4.78, 5) is 39.9. The minimum Gasteiger partial charge on any atom is -0.368 e. The van der Waals surface area contributed by atoms with Crippen molar-refractivity contribution in [3.8, 4) is 0 Å². The van der Waals surface area contributed by atoms with Crippen LogP contribution in [0, 0.1) is 0 Å². The molecular weight excluding hydrogens is 368 g/mol. The second kappa shape index (κ2) is 9.68. The Morgan fingerprint density at radius 3 is 2.22 bits per heavy atom. The van der Waals surface area contributed by atoms with Crippen LogP contribution >= 0.6 is 11.6 Å². The topological polar surface area (TPSA) is 114 Å². The molecule has 0 saturated carbocycles. The number of nitrogens with two attached hydrogens (primary N) is 1. The molecule has 0 aliphatic heterocycles. The molecule has 0 aliphatic rings. The maximum Gasteiger partial charge on any atom is 0.243 e. The lowest BCUT2D eigenvalue weighted by Gasteiger charge is -2.21. The predicted molar refractivity (Wildman–Crippen MR) is 102 cm³/mol. The molecule has 2 atom stereocenters. The molecule has 27 heavy (non-hydrogen) atoms. The van der Waals surface area contributed by atoms with Gasteiger partial charge in [0.15, 0.2) is 0 Å². The van der Waals surface area contributed by atoms with Gasteiger partial charge in [0.2, 0.25) is 17.7 Å². The number of aromatic nitrogens is 1. The van der Waals surface area contributed by atoms with E-state index >= 15 is 0 Å². The van der Waals surface area contributed by atoms with Gasteiger partial charge in [-0.15, -0.1) is 0 Å². The smallest absolute Gasteiger partial charge is 0.243 e. The third-order valence-electron chi connectivity index (χ3n) is 3.87. The highest BCUT2D eigenvalue weighted by molar-refractivity contribution is 6.29. The normalized spacial score (nSPS) is 12.7. The lowest BCUT2D eigenvalue weighted by molar-refractivity contribution is -0.130. The van der Waals surface area contributed by atoms with Crippen LogP contribution in [0.15, 0.2) is 48.7 Å². The van der Waals surface area contributed by atoms with Crippen LogP contribution in [0.3, 0.4) is 0 Å². The first-order valence-electron chi connectivity index (χ1n) is 8.36. The maximum absolute atomic E-state index is 12.7. The number of nitrogens with zero attached hydrogens (tertiary/aromatic N) is 1. The van der Waals surface area contributed by atoms with Crippen LogP contribution < -0.4 is 16.4 Å². The van der Waals surface area contributed by atoms with E-state index < -0.39 is 23.9 Å². The van der Waals surface area contributed by atoms with E-state index in [0.717, 1.165) is 5.56 Å². The SMILES string of the molecule is CC(=O)N[C@H](Cc1ccccc1)C(=O)N[C@@H](Cc1ccc(Cl)nc1)C(N)=O. The number of rotatable bonds is 8. The van der Waals surface area contributed by atoms with E-state index in [1.807, 2.05) is 30.3 Å². The summed E-state index contributed by atoms with van der Waals surface area (Å²) >= 11 is 5.75. The lowest BCUT2D eigenvalue weighted by Crippen LogP contribution is -2.54. The van der Waals surface area contributed by atoms with Crippen molar-refractivity contribution in [2.24, 2.45) is 5.73 Å². The summed E-state index contributed by atoms with van der Waals surface area (Å²) in [5.41, 5.74) is 7.00. The van der Waals surface area contributed by atoms with Crippen molar-refractivity contribution >= 4 is 29.3 Å². The van der Waals surface area contributed by atoms with E-state index in [0.29, 0.717) is 17.1 Å². The third-order valence-corrected chi connectivity index (χ3v) is 4.09. The highest BCUT2D eigenvalue weighted by Crippen LogP contribution is 2.09. The van der Waals surface area contributed by atoms with Crippen LogP contribution in [0.25, 0.3) is 0 Å². The fraction of sp³-hybridized carbons (Fsp3) is 0.263. The Kier molecular flexibility index (Phi) is 7.31. The van der Waals surface area contributed by atoms with E-state index in [9.17, 15) is 14.4 Å². The molecule has 2 aromatic rings. The molecule has 0 fully saturated rings. The molecule has 1 heterocycles. The van der Waals surface area contributed by atoms with Crippen molar-refractivity contribution in [3.05, 3.63) is 64.9 Å². The van der Waals surface area contributed by atoms with E-state index in [1.54, 1.807) is 12.1 Å². The molecule has 7 nitrogen and oxygen atoms in total. The van der Waals surface area contributed by atoms with Crippen molar-refractivity contribution in [3.63, 3.8) is 0 Å². The molecule has 1 aromatic carbocycles. The van der Waals surface area contributed by atoms with E-state index in [-0.39, 0.29) is 12.3 Å². The monoisotopic (exact) mass is 388 g/mol. The Labute approximate surface area is 162 Å². The summed E-state index contributed by atoms with van der Waals surface area (Å²) in [5.74, 6) is -1.51. The number of hydrogen-bond acceptors (Lipinski definition) is 4. The second-order valence-electron chi connectivity index (χ2n) is 6.10. The number of halogens is 1. The molecular formula is C19H21ClN4O3. The third kappa shape index (κ3) is 6.71. The Hall–Kier alpha value is -2.93. The highest BCUT2D eigenvalue weighted by atomic mass is 35.5. The summed E-state index contributed by atoms with van der Waals surface area (Å²) in [5, 5.41) is 5.55. The summed E-state index contributed by atoms with van der Waals surface area (Å²) in [7, 11) is 0. The minimum absolute atomic E-state index is 0.170. The summed E-state index contributed by atoms with van der Waals surface area (Å²) in [6, 6.07) is 10.8. The van der Waals surface area contributed by atoms with Crippen molar-refractivity contribution < 1.29 is 14.4 Å². The molecule has 142 valence electrons. The average molecular weight is 389 g/mol. The van der Waals surface area contributed by atoms with E-state index in [1.165, 1.54) is 13.1 Å². The molecule has 4 N–H and O–H groups in total. The molecule has 8 heteroatoms. The van der Waals surface area contributed by atoms with Crippen LogP contribution in [0.2, 0.25) is 5.15 Å². The molecule has 0 unspecified atom stereocenters. The first kappa shape index (κ1) is 20.4. The Morgan fingerprint density at radius 1 is 1.00 bits per heavy atom. The zero-order valence-corrected chi connectivity index (χ0v) is 15.6. The Balaban J connectivity index is 2.10. The van der Waals surface area contributed by atoms with Gasteiger partial charge < -0.3 is 16.4 Å². The number of carbonyl (C=O) groups is 3. The predicted octanol–water partition coefficient (Wildman–Crippen LogP) is 0.995. The first-order valence-corrected chi connectivity index (χ1v) is 8.74. The van der Waals surface area contributed by atoms with Gasteiger partial charge in [-0.3, -0.25) is 14.4 Å². The molecule has 2 rings (SSSR count). The number of carbonyl (C=O) groups excluding carboxylic acids is 3. The molecule has 0 aliphatic carbocycles. The molecule has 0 radical (unpaired) electrons. The van der Waals surface area contributed by atoms with Gasteiger partial charge in [0.25, 0.3) is 0 Å². The van der Waals surface area contributed by atoms with Crippen molar-refractivity contribution in [2.45, 2.75) is 31.8 Å². The van der Waals surface area contributed by atoms with Crippen LogP contribution in [0.1, 0.15) is 18.1 Å². The number of pyridine rings is 1. The van der Waals surface area contributed by atoms with Crippen molar-refractivity contribution in [1.82, 2.24) is 15.6 Å². The number of amides is 3. The average Bonchev–Trinajstić information content (AvgIpc) is 2.62. The fourth-order valence-corrected chi connectivity index (χ4v) is 2.67. The number of primary amides is 1. The van der Waals surface area contributed by atoms with E-state index in [4.69, 9.17) is 17.3 Å². The van der Waals surface area contributed by atoms with Gasteiger partial charge >= 0.3 is 0 Å². The number of nitrogens with one attached hydrogen (secondary N) is 2. The standard InChI is InChI=1S/C19H21ClN4O3/c1-12(25)23-16(9-13-5-3-2-4-6-13)19(27)24-15(18(21)26)10-14-7-8-17(20)22-11-14/h2-8,11,15-16H,9-10H2,1H3,(H2,21,26)(H,23,25)(H,24,27)/t15-,16+/m0/s1. The summed E-state index contributed by atoms with van der Waals surface area (Å²) in [6.45, 7) is 1.33. The van der Waals surface area contributed by atoms with E-state index in [2.05, 4.69) is 15.6 Å². The van der Waals surface area contributed by atoms with Crippen LogP contribution in [-0.2, 0) is 27.2 Å². The Bertz CT molecular complexity index is 796. The van der Waals surface area contributed by atoms with Gasteiger partial charge in [0.1, 0.15) is 17.2 Å². The molecule has 1 aromatic heterocycles. The number of benzene rings is 1. The minimum atomic E-state index is -0.937. The van der Waals surface area contributed by atoms with Gasteiger partial charge in [-0.1, -0.05) is 48.0 Å². The zero-order valence-electron chi connectivity index (χ0n) is 14.8. The largest absolute Gasteiger partial charge is 0.368 e. The fourth-order valence-electron chi connectivity index (χ4n) is 2.56. The van der Waals surface area contributed by atoms with Crippen LogP contribution in [-0.4, -0.2) is 34.8 Å². The molecule has 0 saturated heterocycles. The van der Waals surface area contributed by atoms with Gasteiger partial charge in [-0.05, 0) is 17.2 Å². The lowest BCUT2D eigenvalue weighted by atomic mass is 10.0. The van der Waals surface area contributed by atoms with Crippen molar-refractivity contribution in [1.29, 1.82) is 0 Å². The van der Waals surface area contributed by atoms with Crippen molar-refractivity contribution in [2.75, 3.05) is 0 Å². The molecule has 3 amide bonds. The van der Waals surface area contributed by atoms with Gasteiger partial charge in [0.05, 0.1) is 0 Å². The molecule has 0 spiro atoms. The quantitative estimate of drug-likeness (QED) is 0.585. The van der Waals surface area contributed by atoms with Crippen LogP contribution in [0.4, 0.5) is 0 Å². The van der Waals surface area contributed by atoms with Gasteiger partial charge in [-0.25, -0.2) is 4.98 Å². The summed E-state index contributed by atoms with van der Waals surface area (Å²) in [6.07, 6.45) is 1.98. The van der Waals surface area contributed by atoms with Crippen LogP contribution in [0.5, 0.6) is 0 Å². The zero-order chi connectivity index (χ0) is 19.8. The Morgan fingerprint density at radius 2 is 1.67 bits per heavy atom. The van der Waals surface area contributed by atoms with Gasteiger partial charge in [0, 0.05) is 26.0 Å². The summed E-state index contributed by atoms with van der Waals surface area (Å²) < 4.78 is 0. The first-order chi connectivity index (χ1) is 12.8.